The van der Waals surface area contributed by atoms with Crippen LogP contribution in [-0.4, -0.2) is 35.5 Å². The van der Waals surface area contributed by atoms with Crippen molar-refractivity contribution < 1.29 is 22.7 Å². The highest BCUT2D eigenvalue weighted by Gasteiger charge is 2.29. The van der Waals surface area contributed by atoms with E-state index in [0.29, 0.717) is 17.0 Å². The number of nitrogens with zero attached hydrogens (tertiary/aromatic N) is 2. The maximum atomic E-state index is 12.2. The molecule has 0 aliphatic rings. The summed E-state index contributed by atoms with van der Waals surface area (Å²) in [6.45, 7) is -0.166. The van der Waals surface area contributed by atoms with Crippen LogP contribution in [0, 0.1) is 0 Å². The van der Waals surface area contributed by atoms with Gasteiger partial charge in [0.05, 0.1) is 12.8 Å². The number of nitrogens with one attached hydrogen (secondary N) is 1. The van der Waals surface area contributed by atoms with Crippen molar-refractivity contribution in [1.82, 2.24) is 15.1 Å². The van der Waals surface area contributed by atoms with Crippen molar-refractivity contribution in [2.75, 3.05) is 13.7 Å². The second kappa shape index (κ2) is 7.37. The minimum Gasteiger partial charge on any atom is -0.497 e. The number of methoxy groups -OCH3 is 1. The Bertz CT molecular complexity index is 801. The van der Waals surface area contributed by atoms with E-state index in [0.717, 1.165) is 4.68 Å². The van der Waals surface area contributed by atoms with Gasteiger partial charge in [-0.3, -0.25) is 9.59 Å². The van der Waals surface area contributed by atoms with Gasteiger partial charge in [-0.2, -0.15) is 18.3 Å². The topological polar surface area (TPSA) is 73.2 Å². The summed E-state index contributed by atoms with van der Waals surface area (Å²) in [5, 5.41) is 5.83. The van der Waals surface area contributed by atoms with E-state index < -0.39 is 30.2 Å². The summed E-state index contributed by atoms with van der Waals surface area (Å²) in [6.07, 6.45) is -4.53. The van der Waals surface area contributed by atoms with Crippen LogP contribution in [0.15, 0.2) is 41.2 Å². The molecule has 6 nitrogen and oxygen atoms in total. The second-order valence-electron chi connectivity index (χ2n) is 5.24. The fourth-order valence-electron chi connectivity index (χ4n) is 2.06. The number of ether oxygens (including phenoxy) is 1. The zero-order chi connectivity index (χ0) is 18.6. The van der Waals surface area contributed by atoms with Crippen LogP contribution in [0.4, 0.5) is 13.2 Å². The maximum absolute atomic E-state index is 12.2. The van der Waals surface area contributed by atoms with E-state index in [2.05, 4.69) is 5.10 Å². The standard InChI is InChI=1S/C16H16F3N3O3/c1-10(15(24)20-9-16(17,18)19)22-14(23)8-7-13(21-22)11-3-5-12(25-2)6-4-11/h3-8,10H,9H2,1-2H3,(H,20,24)/t10-/m1/s1. The molecule has 1 amide bonds. The van der Waals surface area contributed by atoms with Gasteiger partial charge in [-0.15, -0.1) is 0 Å². The highest BCUT2D eigenvalue weighted by atomic mass is 19.4. The van der Waals surface area contributed by atoms with Gasteiger partial charge < -0.3 is 10.1 Å². The molecule has 25 heavy (non-hydrogen) atoms. The molecule has 1 aromatic heterocycles. The molecule has 0 bridgehead atoms. The number of hydrogen-bond acceptors (Lipinski definition) is 4. The summed E-state index contributed by atoms with van der Waals surface area (Å²) in [5.41, 5.74) is 0.474. The fourth-order valence-corrected chi connectivity index (χ4v) is 2.06. The van der Waals surface area contributed by atoms with Crippen LogP contribution in [0.3, 0.4) is 0 Å². The number of rotatable bonds is 5. The summed E-state index contributed by atoms with van der Waals surface area (Å²) in [7, 11) is 1.52. The van der Waals surface area contributed by atoms with Gasteiger partial charge >= 0.3 is 6.18 Å². The molecule has 0 spiro atoms. The quantitative estimate of drug-likeness (QED) is 0.892. The molecule has 0 saturated carbocycles. The summed E-state index contributed by atoms with van der Waals surface area (Å²) < 4.78 is 42.5. The Morgan fingerprint density at radius 1 is 1.24 bits per heavy atom. The molecule has 0 aliphatic carbocycles. The molecule has 1 atom stereocenters. The molecule has 2 aromatic rings. The third-order valence-corrected chi connectivity index (χ3v) is 3.42. The van der Waals surface area contributed by atoms with E-state index >= 15 is 0 Å². The van der Waals surface area contributed by atoms with Crippen molar-refractivity contribution in [3.05, 3.63) is 46.8 Å². The third-order valence-electron chi connectivity index (χ3n) is 3.42. The van der Waals surface area contributed by atoms with Crippen LogP contribution >= 0.6 is 0 Å². The highest BCUT2D eigenvalue weighted by Crippen LogP contribution is 2.20. The van der Waals surface area contributed by atoms with Crippen molar-refractivity contribution in [3.63, 3.8) is 0 Å². The molecular weight excluding hydrogens is 339 g/mol. The van der Waals surface area contributed by atoms with Crippen molar-refractivity contribution in [2.45, 2.75) is 19.1 Å². The van der Waals surface area contributed by atoms with Gasteiger partial charge in [0.15, 0.2) is 0 Å². The lowest BCUT2D eigenvalue weighted by Crippen LogP contribution is -2.40. The zero-order valence-corrected chi connectivity index (χ0v) is 13.5. The Morgan fingerprint density at radius 3 is 2.44 bits per heavy atom. The van der Waals surface area contributed by atoms with Crippen LogP contribution in [0.2, 0.25) is 0 Å². The number of alkyl halides is 3. The highest BCUT2D eigenvalue weighted by molar-refractivity contribution is 5.79. The molecule has 1 heterocycles. The first-order valence-electron chi connectivity index (χ1n) is 7.30. The van der Waals surface area contributed by atoms with Crippen LogP contribution in [0.25, 0.3) is 11.3 Å². The molecule has 0 fully saturated rings. The number of hydrogen-bond donors (Lipinski definition) is 1. The largest absolute Gasteiger partial charge is 0.497 e. The first-order chi connectivity index (χ1) is 11.7. The van der Waals surface area contributed by atoms with E-state index in [9.17, 15) is 22.8 Å². The average molecular weight is 355 g/mol. The molecule has 0 saturated heterocycles. The SMILES string of the molecule is COc1ccc(-c2ccc(=O)n([C@H](C)C(=O)NCC(F)(F)F)n2)cc1. The van der Waals surface area contributed by atoms with Gasteiger partial charge in [-0.1, -0.05) is 0 Å². The lowest BCUT2D eigenvalue weighted by Gasteiger charge is -2.16. The lowest BCUT2D eigenvalue weighted by molar-refractivity contribution is -0.140. The number of amides is 1. The zero-order valence-electron chi connectivity index (χ0n) is 13.5. The van der Waals surface area contributed by atoms with Gasteiger partial charge in [0, 0.05) is 11.6 Å². The maximum Gasteiger partial charge on any atom is 0.405 e. The lowest BCUT2D eigenvalue weighted by atomic mass is 10.1. The van der Waals surface area contributed by atoms with E-state index in [1.54, 1.807) is 29.6 Å². The molecule has 2 rings (SSSR count). The van der Waals surface area contributed by atoms with Crippen LogP contribution in [0.5, 0.6) is 5.75 Å². The van der Waals surface area contributed by atoms with Gasteiger partial charge in [0.2, 0.25) is 5.91 Å². The Hall–Kier alpha value is -2.84. The van der Waals surface area contributed by atoms with Crippen molar-refractivity contribution in [3.8, 4) is 17.0 Å². The Labute approximate surface area is 141 Å². The van der Waals surface area contributed by atoms with Crippen molar-refractivity contribution in [1.29, 1.82) is 0 Å². The average Bonchev–Trinajstić information content (AvgIpc) is 2.59. The van der Waals surface area contributed by atoms with E-state index in [1.165, 1.54) is 26.2 Å². The summed E-state index contributed by atoms with van der Waals surface area (Å²) in [5.74, 6) is -0.309. The minimum absolute atomic E-state index is 0.401. The van der Waals surface area contributed by atoms with E-state index in [4.69, 9.17) is 4.74 Å². The number of aromatic nitrogens is 2. The predicted octanol–water partition coefficient (Wildman–Crippen LogP) is 2.16. The number of carbonyl (C=O) groups excluding carboxylic acids is 1. The fraction of sp³-hybridized carbons (Fsp3) is 0.312. The van der Waals surface area contributed by atoms with Gasteiger partial charge in [-0.25, -0.2) is 4.68 Å². The van der Waals surface area contributed by atoms with Gasteiger partial charge in [-0.05, 0) is 37.3 Å². The van der Waals surface area contributed by atoms with Crippen LogP contribution in [-0.2, 0) is 4.79 Å². The molecule has 0 unspecified atom stereocenters. The van der Waals surface area contributed by atoms with Crippen molar-refractivity contribution in [2.24, 2.45) is 0 Å². The van der Waals surface area contributed by atoms with Crippen molar-refractivity contribution >= 4 is 5.91 Å². The molecule has 0 radical (unpaired) electrons. The normalized spacial score (nSPS) is 12.5. The summed E-state index contributed by atoms with van der Waals surface area (Å²) in [4.78, 5) is 23.8. The monoisotopic (exact) mass is 355 g/mol. The Balaban J connectivity index is 2.25. The molecule has 0 aliphatic heterocycles. The molecule has 9 heteroatoms. The van der Waals surface area contributed by atoms with E-state index in [-0.39, 0.29) is 0 Å². The first-order valence-corrected chi connectivity index (χ1v) is 7.30. The summed E-state index contributed by atoms with van der Waals surface area (Å²) >= 11 is 0. The first kappa shape index (κ1) is 18.5. The molecule has 134 valence electrons. The minimum atomic E-state index is -4.53. The predicted molar refractivity (Wildman–Crippen MR) is 84.3 cm³/mol. The number of halogens is 3. The second-order valence-corrected chi connectivity index (χ2v) is 5.24. The van der Waals surface area contributed by atoms with Gasteiger partial charge in [0.1, 0.15) is 18.3 Å². The van der Waals surface area contributed by atoms with E-state index in [1.807, 2.05) is 0 Å². The van der Waals surface area contributed by atoms with Crippen LogP contribution in [0.1, 0.15) is 13.0 Å². The van der Waals surface area contributed by atoms with Gasteiger partial charge in [0.25, 0.3) is 5.56 Å². The molecular formula is C16H16F3N3O3. The Kier molecular flexibility index (Phi) is 5.45. The third kappa shape index (κ3) is 4.82. The molecule has 1 N–H and O–H groups in total. The Morgan fingerprint density at radius 2 is 1.88 bits per heavy atom. The number of carbonyl (C=O) groups is 1. The summed E-state index contributed by atoms with van der Waals surface area (Å²) in [6, 6.07) is 8.32. The smallest absolute Gasteiger partial charge is 0.405 e. The molecule has 1 aromatic carbocycles. The van der Waals surface area contributed by atoms with Crippen LogP contribution < -0.4 is 15.6 Å². The number of benzene rings is 1.